The SMILES string of the molecule is COC(=O)c1ccc2c(c1)N(Cc1cc(F)cc(F)c1)C(=O)C(CCN)S2. The van der Waals surface area contributed by atoms with Gasteiger partial charge in [-0.25, -0.2) is 13.6 Å². The number of carbonyl (C=O) groups excluding carboxylic acids is 2. The molecule has 0 aliphatic carbocycles. The van der Waals surface area contributed by atoms with Crippen LogP contribution in [0.3, 0.4) is 0 Å². The summed E-state index contributed by atoms with van der Waals surface area (Å²) in [7, 11) is 1.27. The second-order valence-electron chi connectivity index (χ2n) is 6.06. The minimum atomic E-state index is -0.717. The molecule has 1 atom stereocenters. The molecule has 8 heteroatoms. The zero-order valence-corrected chi connectivity index (χ0v) is 15.4. The van der Waals surface area contributed by atoms with E-state index in [0.29, 0.717) is 24.2 Å². The number of benzene rings is 2. The van der Waals surface area contributed by atoms with E-state index in [1.807, 2.05) is 0 Å². The van der Waals surface area contributed by atoms with E-state index in [2.05, 4.69) is 0 Å². The fraction of sp³-hybridized carbons (Fsp3) is 0.263. The number of esters is 1. The highest BCUT2D eigenvalue weighted by molar-refractivity contribution is 8.01. The van der Waals surface area contributed by atoms with Crippen LogP contribution in [0, 0.1) is 11.6 Å². The van der Waals surface area contributed by atoms with Gasteiger partial charge in [-0.3, -0.25) is 4.79 Å². The maximum Gasteiger partial charge on any atom is 0.337 e. The van der Waals surface area contributed by atoms with Crippen LogP contribution >= 0.6 is 11.8 Å². The molecule has 0 bridgehead atoms. The van der Waals surface area contributed by atoms with Crippen LogP contribution in [0.4, 0.5) is 14.5 Å². The number of carbonyl (C=O) groups is 2. The second-order valence-corrected chi connectivity index (χ2v) is 7.30. The van der Waals surface area contributed by atoms with Crippen molar-refractivity contribution in [3.8, 4) is 0 Å². The Hall–Kier alpha value is -2.45. The number of hydrogen-bond donors (Lipinski definition) is 1. The van der Waals surface area contributed by atoms with Crippen LogP contribution in [0.1, 0.15) is 22.3 Å². The summed E-state index contributed by atoms with van der Waals surface area (Å²) in [5.74, 6) is -2.18. The van der Waals surface area contributed by atoms with Gasteiger partial charge in [-0.05, 0) is 48.9 Å². The lowest BCUT2D eigenvalue weighted by Crippen LogP contribution is -2.41. The first-order valence-corrected chi connectivity index (χ1v) is 9.16. The van der Waals surface area contributed by atoms with E-state index in [1.165, 1.54) is 35.9 Å². The average molecular weight is 392 g/mol. The molecule has 0 fully saturated rings. The van der Waals surface area contributed by atoms with Crippen molar-refractivity contribution in [1.82, 2.24) is 0 Å². The molecule has 0 aromatic heterocycles. The lowest BCUT2D eigenvalue weighted by Gasteiger charge is -2.34. The van der Waals surface area contributed by atoms with E-state index in [1.54, 1.807) is 18.2 Å². The molecule has 2 aromatic carbocycles. The Morgan fingerprint density at radius 1 is 1.22 bits per heavy atom. The summed E-state index contributed by atoms with van der Waals surface area (Å²) in [6.45, 7) is 0.314. The maximum atomic E-state index is 13.6. The summed E-state index contributed by atoms with van der Waals surface area (Å²) >= 11 is 1.37. The zero-order valence-electron chi connectivity index (χ0n) is 14.6. The third-order valence-corrected chi connectivity index (χ3v) is 5.49. The van der Waals surface area contributed by atoms with E-state index in [9.17, 15) is 18.4 Å². The van der Waals surface area contributed by atoms with Gasteiger partial charge in [0.05, 0.1) is 30.2 Å². The number of nitrogens with two attached hydrogens (primary N) is 1. The summed E-state index contributed by atoms with van der Waals surface area (Å²) < 4.78 is 31.9. The van der Waals surface area contributed by atoms with Gasteiger partial charge in [-0.1, -0.05) is 0 Å². The highest BCUT2D eigenvalue weighted by Crippen LogP contribution is 2.41. The van der Waals surface area contributed by atoms with Crippen molar-refractivity contribution in [3.63, 3.8) is 0 Å². The van der Waals surface area contributed by atoms with Gasteiger partial charge in [0.2, 0.25) is 5.91 Å². The number of thioether (sulfide) groups is 1. The summed E-state index contributed by atoms with van der Waals surface area (Å²) in [5, 5.41) is -0.398. The molecule has 0 spiro atoms. The predicted octanol–water partition coefficient (Wildman–Crippen LogP) is 3.11. The quantitative estimate of drug-likeness (QED) is 0.792. The molecule has 0 saturated heterocycles. The molecule has 1 heterocycles. The molecule has 1 aliphatic rings. The largest absolute Gasteiger partial charge is 0.465 e. The molecular formula is C19H18F2N2O3S. The van der Waals surface area contributed by atoms with Crippen molar-refractivity contribution in [2.24, 2.45) is 5.73 Å². The molecule has 0 saturated carbocycles. The fourth-order valence-corrected chi connectivity index (χ4v) is 4.18. The van der Waals surface area contributed by atoms with Crippen LogP contribution in [0.2, 0.25) is 0 Å². The lowest BCUT2D eigenvalue weighted by atomic mass is 10.1. The van der Waals surface area contributed by atoms with Crippen molar-refractivity contribution in [2.45, 2.75) is 23.1 Å². The van der Waals surface area contributed by atoms with E-state index < -0.39 is 22.9 Å². The van der Waals surface area contributed by atoms with Crippen LogP contribution in [0.25, 0.3) is 0 Å². The van der Waals surface area contributed by atoms with Crippen molar-refractivity contribution in [2.75, 3.05) is 18.6 Å². The minimum absolute atomic E-state index is 0.0211. The number of amides is 1. The molecule has 27 heavy (non-hydrogen) atoms. The molecule has 2 aromatic rings. The zero-order chi connectivity index (χ0) is 19.6. The number of methoxy groups -OCH3 is 1. The standard InChI is InChI=1S/C19H18F2N2O3S/c1-26-19(25)12-2-3-16-15(8-12)23(18(24)17(27-16)4-5-22)10-11-6-13(20)9-14(21)7-11/h2-3,6-9,17H,4-5,10,22H2,1H3. The van der Waals surface area contributed by atoms with Crippen LogP contribution in [0.5, 0.6) is 0 Å². The van der Waals surface area contributed by atoms with Gasteiger partial charge in [0.15, 0.2) is 0 Å². The lowest BCUT2D eigenvalue weighted by molar-refractivity contribution is -0.118. The van der Waals surface area contributed by atoms with E-state index in [4.69, 9.17) is 10.5 Å². The smallest absolute Gasteiger partial charge is 0.337 e. The second kappa shape index (κ2) is 8.06. The number of anilines is 1. The molecule has 3 rings (SSSR count). The van der Waals surface area contributed by atoms with Crippen molar-refractivity contribution in [3.05, 3.63) is 59.2 Å². The summed E-state index contributed by atoms with van der Waals surface area (Å²) in [5.41, 5.74) is 6.72. The number of rotatable bonds is 5. The first kappa shape index (κ1) is 19.3. The Balaban J connectivity index is 2.03. The van der Waals surface area contributed by atoms with Gasteiger partial charge < -0.3 is 15.4 Å². The van der Waals surface area contributed by atoms with E-state index in [-0.39, 0.29) is 18.0 Å². The predicted molar refractivity (Wildman–Crippen MR) is 98.6 cm³/mol. The molecule has 0 radical (unpaired) electrons. The third kappa shape index (κ3) is 4.12. The van der Waals surface area contributed by atoms with E-state index >= 15 is 0 Å². The van der Waals surface area contributed by atoms with Gasteiger partial charge >= 0.3 is 5.97 Å². The van der Waals surface area contributed by atoms with Gasteiger partial charge in [-0.15, -0.1) is 11.8 Å². The van der Waals surface area contributed by atoms with Gasteiger partial charge in [0.1, 0.15) is 11.6 Å². The van der Waals surface area contributed by atoms with Crippen LogP contribution in [-0.4, -0.2) is 30.8 Å². The van der Waals surface area contributed by atoms with E-state index in [0.717, 1.165) is 11.0 Å². The van der Waals surface area contributed by atoms with Crippen LogP contribution in [-0.2, 0) is 16.1 Å². The maximum absolute atomic E-state index is 13.6. The molecule has 1 unspecified atom stereocenters. The Morgan fingerprint density at radius 2 is 1.93 bits per heavy atom. The Morgan fingerprint density at radius 3 is 2.56 bits per heavy atom. The number of hydrogen-bond acceptors (Lipinski definition) is 5. The van der Waals surface area contributed by atoms with Crippen molar-refractivity contribution < 1.29 is 23.1 Å². The third-order valence-electron chi connectivity index (χ3n) is 4.17. The normalized spacial score (nSPS) is 16.2. The summed E-state index contributed by atoms with van der Waals surface area (Å²) in [4.78, 5) is 27.0. The first-order chi connectivity index (χ1) is 12.9. The topological polar surface area (TPSA) is 72.6 Å². The van der Waals surface area contributed by atoms with Gasteiger partial charge in [0, 0.05) is 11.0 Å². The number of halogens is 2. The molecule has 5 nitrogen and oxygen atoms in total. The molecule has 1 amide bonds. The van der Waals surface area contributed by atoms with Crippen LogP contribution in [0.15, 0.2) is 41.3 Å². The van der Waals surface area contributed by atoms with Crippen LogP contribution < -0.4 is 10.6 Å². The van der Waals surface area contributed by atoms with Gasteiger partial charge in [0.25, 0.3) is 0 Å². The average Bonchev–Trinajstić information content (AvgIpc) is 2.63. The number of nitrogens with zero attached hydrogens (tertiary/aromatic N) is 1. The highest BCUT2D eigenvalue weighted by Gasteiger charge is 2.33. The summed E-state index contributed by atoms with van der Waals surface area (Å²) in [6, 6.07) is 8.05. The first-order valence-electron chi connectivity index (χ1n) is 8.28. The Bertz CT molecular complexity index is 871. The molecule has 142 valence electrons. The number of fused-ring (bicyclic) bond motifs is 1. The Labute approximate surface area is 159 Å². The monoisotopic (exact) mass is 392 g/mol. The molecular weight excluding hydrogens is 374 g/mol. The highest BCUT2D eigenvalue weighted by atomic mass is 32.2. The summed E-state index contributed by atoms with van der Waals surface area (Å²) in [6.07, 6.45) is 0.468. The van der Waals surface area contributed by atoms with Gasteiger partial charge in [-0.2, -0.15) is 0 Å². The fourth-order valence-electron chi connectivity index (χ4n) is 2.95. The van der Waals surface area contributed by atoms with Crippen molar-refractivity contribution in [1.29, 1.82) is 0 Å². The number of ether oxygens (including phenoxy) is 1. The van der Waals surface area contributed by atoms with Crippen molar-refractivity contribution >= 4 is 29.3 Å². The molecule has 2 N–H and O–H groups in total. The minimum Gasteiger partial charge on any atom is -0.465 e. The Kier molecular flexibility index (Phi) is 5.76. The molecule has 1 aliphatic heterocycles.